The number of hydrogen-bond donors (Lipinski definition) is 0. The number of anilines is 2. The maximum atomic E-state index is 4.20. The average Bonchev–Trinajstić information content (AvgIpc) is 3.23. The fourth-order valence-corrected chi connectivity index (χ4v) is 4.71. The summed E-state index contributed by atoms with van der Waals surface area (Å²) in [5, 5.41) is 0. The van der Waals surface area contributed by atoms with Gasteiger partial charge in [-0.25, -0.2) is 0 Å². The van der Waals surface area contributed by atoms with Crippen LogP contribution in [0.25, 0.3) is 0 Å². The first-order valence-electron chi connectivity index (χ1n) is 11.6. The van der Waals surface area contributed by atoms with Crippen LogP contribution < -0.4 is 9.80 Å². The Kier molecular flexibility index (Phi) is 9.80. The molecular formula is C27H40ClCuN2. The second-order valence-corrected chi connectivity index (χ2v) is 9.86. The molecule has 0 N–H and O–H groups in total. The van der Waals surface area contributed by atoms with E-state index in [0.717, 1.165) is 19.8 Å². The van der Waals surface area contributed by atoms with Gasteiger partial charge >= 0.3 is 25.2 Å². The van der Waals surface area contributed by atoms with Crippen LogP contribution >= 0.6 is 10.1 Å². The van der Waals surface area contributed by atoms with Crippen molar-refractivity contribution in [1.29, 1.82) is 0 Å². The predicted octanol–water partition coefficient (Wildman–Crippen LogP) is 8.15. The van der Waals surface area contributed by atoms with Gasteiger partial charge in [0.2, 0.25) is 0 Å². The molecule has 0 aliphatic carbocycles. The van der Waals surface area contributed by atoms with Crippen molar-refractivity contribution in [1.82, 2.24) is 0 Å². The van der Waals surface area contributed by atoms with E-state index in [1.165, 1.54) is 33.6 Å². The number of hydrogen-bond acceptors (Lipinski definition) is 2. The van der Waals surface area contributed by atoms with Gasteiger partial charge in [0.05, 0.1) is 6.67 Å². The predicted molar refractivity (Wildman–Crippen MR) is 135 cm³/mol. The van der Waals surface area contributed by atoms with Crippen LogP contribution in [0.4, 0.5) is 11.4 Å². The summed E-state index contributed by atoms with van der Waals surface area (Å²) in [5.74, 6) is 2.14. The van der Waals surface area contributed by atoms with E-state index in [2.05, 4.69) is 127 Å². The summed E-state index contributed by atoms with van der Waals surface area (Å²) < 4.78 is 0. The second kappa shape index (κ2) is 11.6. The minimum absolute atomic E-state index is 0.534. The molecule has 0 amide bonds. The van der Waals surface area contributed by atoms with Crippen molar-refractivity contribution in [3.8, 4) is 0 Å². The summed E-state index contributed by atoms with van der Waals surface area (Å²) in [6.45, 7) is 21.7. The number of rotatable bonds is 6. The van der Waals surface area contributed by atoms with E-state index < -0.39 is 0 Å². The Labute approximate surface area is 203 Å². The van der Waals surface area contributed by atoms with Crippen LogP contribution in [0.3, 0.4) is 0 Å². The number of para-hydroxylation sites is 2. The van der Waals surface area contributed by atoms with Crippen molar-refractivity contribution < 1.29 is 15.1 Å². The van der Waals surface area contributed by atoms with Gasteiger partial charge in [0.1, 0.15) is 0 Å². The quantitative estimate of drug-likeness (QED) is 0.376. The molecule has 1 heterocycles. The molecule has 0 atom stereocenters. The van der Waals surface area contributed by atoms with Gasteiger partial charge < -0.3 is 9.80 Å². The molecule has 1 aliphatic rings. The summed E-state index contributed by atoms with van der Waals surface area (Å²) in [6, 6.07) is 13.8. The molecule has 2 nitrogen and oxygen atoms in total. The summed E-state index contributed by atoms with van der Waals surface area (Å²) in [5.41, 5.74) is 8.90. The van der Waals surface area contributed by atoms with Crippen LogP contribution in [-0.4, -0.2) is 19.8 Å². The zero-order valence-corrected chi connectivity index (χ0v) is 22.2. The molecule has 0 aromatic heterocycles. The van der Waals surface area contributed by atoms with Gasteiger partial charge in [-0.3, -0.25) is 0 Å². The normalized spacial score (nSPS) is 14.2. The van der Waals surface area contributed by atoms with Crippen LogP contribution in [0.2, 0.25) is 0 Å². The third-order valence-corrected chi connectivity index (χ3v) is 6.30. The molecule has 0 saturated carbocycles. The van der Waals surface area contributed by atoms with E-state index in [0.29, 0.717) is 23.7 Å². The Morgan fingerprint density at radius 2 is 0.839 bits per heavy atom. The minimum atomic E-state index is 0.534. The van der Waals surface area contributed by atoms with E-state index in [1.54, 1.807) is 0 Å². The van der Waals surface area contributed by atoms with Crippen LogP contribution in [0.1, 0.15) is 101 Å². The van der Waals surface area contributed by atoms with Crippen molar-refractivity contribution >= 4 is 21.5 Å². The summed E-state index contributed by atoms with van der Waals surface area (Å²) in [4.78, 5) is 5.26. The van der Waals surface area contributed by atoms with Crippen molar-refractivity contribution in [2.75, 3.05) is 29.6 Å². The molecule has 1 aliphatic heterocycles. The average molecular weight is 492 g/mol. The number of halogens is 1. The molecule has 1 saturated heterocycles. The maximum absolute atomic E-state index is 4.20. The van der Waals surface area contributed by atoms with Gasteiger partial charge in [-0.05, 0) is 45.9 Å². The summed E-state index contributed by atoms with van der Waals surface area (Å²) in [6.07, 6.45) is 0. The van der Waals surface area contributed by atoms with Gasteiger partial charge in [0, 0.05) is 24.5 Å². The van der Waals surface area contributed by atoms with Crippen molar-refractivity contribution in [2.45, 2.75) is 79.1 Å². The van der Waals surface area contributed by atoms with Gasteiger partial charge in [-0.1, -0.05) is 91.8 Å². The van der Waals surface area contributed by atoms with E-state index in [9.17, 15) is 0 Å². The standard InChI is InChI=1S/C27H40N2.ClH.Cu/c1-18(2)22-11-9-12-23(19(3)4)26(22)28-15-16-29(17-28)27-24(20(5)6)13-10-14-25(27)21(7)8;;/h9-14,18-21H,15-17H2,1-8H3;1H;/q;;+1/p-1. The molecule has 2 aromatic carbocycles. The molecule has 0 spiro atoms. The Morgan fingerprint density at radius 3 is 1.06 bits per heavy atom. The van der Waals surface area contributed by atoms with Gasteiger partial charge in [-0.15, -0.1) is 0 Å². The van der Waals surface area contributed by atoms with Crippen molar-refractivity contribution in [3.63, 3.8) is 0 Å². The summed E-state index contributed by atoms with van der Waals surface area (Å²) in [7, 11) is 4.20. The molecule has 1 fully saturated rings. The third-order valence-electron chi connectivity index (χ3n) is 6.30. The first kappa shape index (κ1) is 26.1. The van der Waals surface area contributed by atoms with Crippen LogP contribution in [0, 0.1) is 0 Å². The van der Waals surface area contributed by atoms with Gasteiger partial charge in [0.25, 0.3) is 0 Å². The molecule has 4 heteroatoms. The fraction of sp³-hybridized carbons (Fsp3) is 0.556. The Hall–Kier alpha value is -1.15. The molecule has 31 heavy (non-hydrogen) atoms. The van der Waals surface area contributed by atoms with E-state index in [-0.39, 0.29) is 0 Å². The number of nitrogens with zero attached hydrogens (tertiary/aromatic N) is 2. The molecule has 0 bridgehead atoms. The molecule has 3 rings (SSSR count). The topological polar surface area (TPSA) is 6.48 Å². The first-order chi connectivity index (χ1) is 14.7. The molecule has 0 unspecified atom stereocenters. The molecular weight excluding hydrogens is 451 g/mol. The zero-order chi connectivity index (χ0) is 23.3. The van der Waals surface area contributed by atoms with Gasteiger partial charge in [0.15, 0.2) is 0 Å². The Bertz CT molecular complexity index is 723. The number of benzene rings is 2. The SMILES string of the molecule is CC(C)c1cccc(C(C)C)c1N1CCN(c2c(C(C)C)cccc2C(C)C)C1.[Cl][Cu]. The van der Waals surface area contributed by atoms with Crippen LogP contribution in [-0.2, 0) is 15.1 Å². The van der Waals surface area contributed by atoms with Crippen molar-refractivity contribution in [2.24, 2.45) is 0 Å². The summed E-state index contributed by atoms with van der Waals surface area (Å²) >= 11 is 3.66. The first-order valence-corrected chi connectivity index (χ1v) is 12.9. The van der Waals surface area contributed by atoms with Gasteiger partial charge in [-0.2, -0.15) is 0 Å². The Balaban J connectivity index is 0.00000166. The van der Waals surface area contributed by atoms with Crippen molar-refractivity contribution in [3.05, 3.63) is 58.7 Å². The monoisotopic (exact) mass is 490 g/mol. The van der Waals surface area contributed by atoms with Crippen LogP contribution in [0.15, 0.2) is 36.4 Å². The Morgan fingerprint density at radius 1 is 0.581 bits per heavy atom. The third kappa shape index (κ3) is 5.81. The van der Waals surface area contributed by atoms with E-state index >= 15 is 0 Å². The zero-order valence-electron chi connectivity index (χ0n) is 20.5. The van der Waals surface area contributed by atoms with Crippen LogP contribution in [0.5, 0.6) is 0 Å². The van der Waals surface area contributed by atoms with E-state index in [1.807, 2.05) is 0 Å². The second-order valence-electron chi connectivity index (χ2n) is 9.86. The molecule has 176 valence electrons. The fourth-order valence-electron chi connectivity index (χ4n) is 4.71. The van der Waals surface area contributed by atoms with E-state index in [4.69, 9.17) is 0 Å². The molecule has 0 radical (unpaired) electrons. The molecule has 2 aromatic rings.